The average Bonchev–Trinajstić information content (AvgIpc) is 2.46. The summed E-state index contributed by atoms with van der Waals surface area (Å²) in [4.78, 5) is 11.8. The minimum Gasteiger partial charge on any atom is -0.366 e. The molecule has 2 saturated heterocycles. The molecule has 0 N–H and O–H groups in total. The molecule has 2 nitrogen and oxygen atoms in total. The van der Waals surface area contributed by atoms with Crippen molar-refractivity contribution in [2.45, 2.75) is 38.4 Å². The SMILES string of the molecule is CCC[C@H]1O[C@H]2CCSCC2C1=O. The zero-order valence-corrected chi connectivity index (χ0v) is 8.81. The first-order valence-corrected chi connectivity index (χ1v) is 6.25. The summed E-state index contributed by atoms with van der Waals surface area (Å²) in [6, 6.07) is 0. The van der Waals surface area contributed by atoms with Crippen molar-refractivity contribution in [3.05, 3.63) is 0 Å². The minimum absolute atomic E-state index is 0.0706. The molecule has 2 rings (SSSR count). The van der Waals surface area contributed by atoms with Crippen LogP contribution in [0.3, 0.4) is 0 Å². The van der Waals surface area contributed by atoms with Crippen LogP contribution in [0, 0.1) is 5.92 Å². The van der Waals surface area contributed by atoms with Gasteiger partial charge in [-0.05, 0) is 18.6 Å². The summed E-state index contributed by atoms with van der Waals surface area (Å²) in [6.45, 7) is 2.10. The molecule has 74 valence electrons. The van der Waals surface area contributed by atoms with Gasteiger partial charge in [-0.25, -0.2) is 0 Å². The van der Waals surface area contributed by atoms with Gasteiger partial charge in [-0.1, -0.05) is 13.3 Å². The van der Waals surface area contributed by atoms with Crippen molar-refractivity contribution < 1.29 is 9.53 Å². The number of hydrogen-bond donors (Lipinski definition) is 0. The number of Topliss-reactive ketones (excluding diaryl/α,β-unsaturated/α-hetero) is 1. The molecule has 0 bridgehead atoms. The lowest BCUT2D eigenvalue weighted by atomic mass is 9.96. The Morgan fingerprint density at radius 2 is 2.46 bits per heavy atom. The van der Waals surface area contributed by atoms with E-state index in [1.165, 1.54) is 0 Å². The molecule has 0 amide bonds. The fourth-order valence-corrected chi connectivity index (χ4v) is 3.33. The Morgan fingerprint density at radius 3 is 3.15 bits per heavy atom. The highest BCUT2D eigenvalue weighted by Gasteiger charge is 2.43. The lowest BCUT2D eigenvalue weighted by Gasteiger charge is -2.21. The Balaban J connectivity index is 2.01. The van der Waals surface area contributed by atoms with Crippen LogP contribution in [0.15, 0.2) is 0 Å². The van der Waals surface area contributed by atoms with Gasteiger partial charge in [-0.2, -0.15) is 11.8 Å². The van der Waals surface area contributed by atoms with Gasteiger partial charge < -0.3 is 4.74 Å². The maximum Gasteiger partial charge on any atom is 0.168 e. The van der Waals surface area contributed by atoms with E-state index in [1.54, 1.807) is 0 Å². The number of carbonyl (C=O) groups is 1. The average molecular weight is 200 g/mol. The molecule has 3 atom stereocenters. The Labute approximate surface area is 83.4 Å². The topological polar surface area (TPSA) is 26.3 Å². The third-order valence-electron chi connectivity index (χ3n) is 2.87. The van der Waals surface area contributed by atoms with Crippen LogP contribution >= 0.6 is 11.8 Å². The molecule has 1 unspecified atom stereocenters. The molecule has 0 spiro atoms. The fourth-order valence-electron chi connectivity index (χ4n) is 2.14. The van der Waals surface area contributed by atoms with Crippen LogP contribution < -0.4 is 0 Å². The van der Waals surface area contributed by atoms with Crippen molar-refractivity contribution in [2.24, 2.45) is 5.92 Å². The van der Waals surface area contributed by atoms with E-state index in [2.05, 4.69) is 6.92 Å². The summed E-state index contributed by atoms with van der Waals surface area (Å²) in [7, 11) is 0. The second-order valence-corrected chi connectivity index (χ2v) is 4.97. The van der Waals surface area contributed by atoms with Crippen LogP contribution in [0.4, 0.5) is 0 Å². The first-order valence-electron chi connectivity index (χ1n) is 5.10. The van der Waals surface area contributed by atoms with Crippen LogP contribution in [-0.2, 0) is 9.53 Å². The maximum atomic E-state index is 11.8. The molecule has 0 aromatic heterocycles. The van der Waals surface area contributed by atoms with E-state index in [0.29, 0.717) is 5.78 Å². The minimum atomic E-state index is -0.0706. The third kappa shape index (κ3) is 1.77. The monoisotopic (exact) mass is 200 g/mol. The molecule has 0 aliphatic carbocycles. The Bertz CT molecular complexity index is 205. The first kappa shape index (κ1) is 9.53. The zero-order chi connectivity index (χ0) is 9.26. The van der Waals surface area contributed by atoms with E-state index in [0.717, 1.165) is 30.8 Å². The number of thioether (sulfide) groups is 1. The van der Waals surface area contributed by atoms with Gasteiger partial charge in [-0.15, -0.1) is 0 Å². The molecule has 0 radical (unpaired) electrons. The van der Waals surface area contributed by atoms with E-state index in [9.17, 15) is 4.79 Å². The molecule has 2 aliphatic rings. The number of ketones is 1. The summed E-state index contributed by atoms with van der Waals surface area (Å²) in [5.41, 5.74) is 0. The Kier molecular flexibility index (Phi) is 2.94. The maximum absolute atomic E-state index is 11.8. The summed E-state index contributed by atoms with van der Waals surface area (Å²) in [5.74, 6) is 2.74. The van der Waals surface area contributed by atoms with Gasteiger partial charge in [0.25, 0.3) is 0 Å². The number of ether oxygens (including phenoxy) is 1. The standard InChI is InChI=1S/C10H16O2S/c1-2-3-9-10(11)7-6-13-5-4-8(7)12-9/h7-9H,2-6H2,1H3/t7?,8-,9+/m0/s1. The largest absolute Gasteiger partial charge is 0.366 e. The van der Waals surface area contributed by atoms with Gasteiger partial charge in [0.15, 0.2) is 5.78 Å². The van der Waals surface area contributed by atoms with Gasteiger partial charge in [-0.3, -0.25) is 4.79 Å². The van der Waals surface area contributed by atoms with Gasteiger partial charge in [0.05, 0.1) is 12.0 Å². The molecular weight excluding hydrogens is 184 g/mol. The van der Waals surface area contributed by atoms with Gasteiger partial charge >= 0.3 is 0 Å². The molecule has 2 aliphatic heterocycles. The molecule has 2 heterocycles. The van der Waals surface area contributed by atoms with Gasteiger partial charge in [0, 0.05) is 5.75 Å². The van der Waals surface area contributed by atoms with Crippen LogP contribution in [0.2, 0.25) is 0 Å². The predicted molar refractivity (Wildman–Crippen MR) is 54.0 cm³/mol. The molecule has 13 heavy (non-hydrogen) atoms. The Morgan fingerprint density at radius 1 is 1.62 bits per heavy atom. The molecule has 0 aromatic carbocycles. The summed E-state index contributed by atoms with van der Waals surface area (Å²) < 4.78 is 5.76. The lowest BCUT2D eigenvalue weighted by Crippen LogP contribution is -2.28. The lowest BCUT2D eigenvalue weighted by molar-refractivity contribution is -0.124. The van der Waals surface area contributed by atoms with E-state index < -0.39 is 0 Å². The summed E-state index contributed by atoms with van der Waals surface area (Å²) in [5, 5.41) is 0. The smallest absolute Gasteiger partial charge is 0.168 e. The van der Waals surface area contributed by atoms with Crippen molar-refractivity contribution in [3.8, 4) is 0 Å². The number of rotatable bonds is 2. The van der Waals surface area contributed by atoms with E-state index >= 15 is 0 Å². The van der Waals surface area contributed by atoms with E-state index in [-0.39, 0.29) is 18.1 Å². The normalized spacial score (nSPS) is 39.2. The quantitative estimate of drug-likeness (QED) is 0.680. The summed E-state index contributed by atoms with van der Waals surface area (Å²) in [6.07, 6.45) is 3.21. The summed E-state index contributed by atoms with van der Waals surface area (Å²) >= 11 is 1.89. The predicted octanol–water partition coefficient (Wildman–Crippen LogP) is 1.88. The second kappa shape index (κ2) is 4.01. The van der Waals surface area contributed by atoms with Gasteiger partial charge in [0.2, 0.25) is 0 Å². The van der Waals surface area contributed by atoms with Gasteiger partial charge in [0.1, 0.15) is 6.10 Å². The highest BCUT2D eigenvalue weighted by Crippen LogP contribution is 2.34. The van der Waals surface area contributed by atoms with Crippen LogP contribution in [0.1, 0.15) is 26.2 Å². The van der Waals surface area contributed by atoms with Crippen molar-refractivity contribution in [1.82, 2.24) is 0 Å². The van der Waals surface area contributed by atoms with E-state index in [1.807, 2.05) is 11.8 Å². The molecule has 0 saturated carbocycles. The first-order chi connectivity index (χ1) is 6.33. The van der Waals surface area contributed by atoms with E-state index in [4.69, 9.17) is 4.74 Å². The number of carbonyl (C=O) groups excluding carboxylic acids is 1. The van der Waals surface area contributed by atoms with Crippen molar-refractivity contribution >= 4 is 17.5 Å². The molecule has 3 heteroatoms. The molecule has 0 aromatic rings. The van der Waals surface area contributed by atoms with Crippen molar-refractivity contribution in [3.63, 3.8) is 0 Å². The zero-order valence-electron chi connectivity index (χ0n) is 7.99. The Hall–Kier alpha value is -0.0200. The number of fused-ring (bicyclic) bond motifs is 1. The van der Waals surface area contributed by atoms with Crippen LogP contribution in [0.5, 0.6) is 0 Å². The second-order valence-electron chi connectivity index (χ2n) is 3.82. The highest BCUT2D eigenvalue weighted by molar-refractivity contribution is 7.99. The van der Waals surface area contributed by atoms with Crippen molar-refractivity contribution in [2.75, 3.05) is 11.5 Å². The van der Waals surface area contributed by atoms with Crippen LogP contribution in [-0.4, -0.2) is 29.5 Å². The molecule has 2 fully saturated rings. The van der Waals surface area contributed by atoms with Crippen LogP contribution in [0.25, 0.3) is 0 Å². The highest BCUT2D eigenvalue weighted by atomic mass is 32.2. The fraction of sp³-hybridized carbons (Fsp3) is 0.900. The van der Waals surface area contributed by atoms with Crippen molar-refractivity contribution in [1.29, 1.82) is 0 Å². The third-order valence-corrected chi connectivity index (χ3v) is 3.98. The number of hydrogen-bond acceptors (Lipinski definition) is 3. The molecular formula is C10H16O2S.